The Balaban J connectivity index is 1.62. The fourth-order valence-electron chi connectivity index (χ4n) is 3.91. The largest absolute Gasteiger partial charge is 0.341 e. The Bertz CT molecular complexity index is 641. The van der Waals surface area contributed by atoms with Crippen LogP contribution >= 0.6 is 0 Å². The highest BCUT2D eigenvalue weighted by atomic mass is 16.2. The van der Waals surface area contributed by atoms with E-state index in [1.807, 2.05) is 6.07 Å². The fraction of sp³-hybridized carbons (Fsp3) is 0.579. The number of fused-ring (bicyclic) bond motifs is 1. The monoisotopic (exact) mass is 329 g/mol. The average Bonchev–Trinajstić information content (AvgIpc) is 2.99. The lowest BCUT2D eigenvalue weighted by molar-refractivity contribution is -0.127. The molecule has 3 rings (SSSR count). The summed E-state index contributed by atoms with van der Waals surface area (Å²) in [4.78, 5) is 25.6. The zero-order chi connectivity index (χ0) is 17.3. The maximum Gasteiger partial charge on any atom is 0.315 e. The van der Waals surface area contributed by atoms with Crippen molar-refractivity contribution in [1.29, 1.82) is 0 Å². The minimum absolute atomic E-state index is 0.0455. The number of hydrogen-bond acceptors (Lipinski definition) is 2. The van der Waals surface area contributed by atoms with Gasteiger partial charge in [0.15, 0.2) is 0 Å². The Morgan fingerprint density at radius 3 is 2.62 bits per heavy atom. The number of nitrogens with one attached hydrogen (secondary N) is 2. The van der Waals surface area contributed by atoms with Crippen LogP contribution in [0.1, 0.15) is 57.2 Å². The van der Waals surface area contributed by atoms with E-state index in [9.17, 15) is 9.59 Å². The Hall–Kier alpha value is -2.04. The molecule has 1 aliphatic heterocycles. The van der Waals surface area contributed by atoms with Crippen LogP contribution in [0.2, 0.25) is 0 Å². The molecule has 1 aromatic rings. The molecule has 0 radical (unpaired) electrons. The zero-order valence-corrected chi connectivity index (χ0v) is 14.8. The second-order valence-corrected chi connectivity index (χ2v) is 7.63. The molecule has 1 aliphatic carbocycles. The maximum absolute atomic E-state index is 12.4. The van der Waals surface area contributed by atoms with Crippen LogP contribution < -0.4 is 10.6 Å². The first-order valence-corrected chi connectivity index (χ1v) is 8.79. The number of carbonyl (C=O) groups excluding carboxylic acids is 2. The van der Waals surface area contributed by atoms with Crippen molar-refractivity contribution >= 4 is 11.9 Å². The van der Waals surface area contributed by atoms with Crippen LogP contribution in [0.5, 0.6) is 0 Å². The maximum atomic E-state index is 12.4. The first-order valence-electron chi connectivity index (χ1n) is 8.79. The summed E-state index contributed by atoms with van der Waals surface area (Å²) in [6.45, 7) is 7.43. The van der Waals surface area contributed by atoms with E-state index in [-0.39, 0.29) is 29.4 Å². The first kappa shape index (κ1) is 16.8. The van der Waals surface area contributed by atoms with E-state index in [0.29, 0.717) is 6.54 Å². The molecule has 3 amide bonds. The summed E-state index contributed by atoms with van der Waals surface area (Å²) in [5.41, 5.74) is 2.70. The summed E-state index contributed by atoms with van der Waals surface area (Å²) in [6.07, 6.45) is 2.82. The normalized spacial score (nSPS) is 25.0. The average molecular weight is 329 g/mol. The van der Waals surface area contributed by atoms with Crippen molar-refractivity contribution in [2.45, 2.75) is 57.5 Å². The van der Waals surface area contributed by atoms with Crippen molar-refractivity contribution in [1.82, 2.24) is 15.5 Å². The molecule has 2 atom stereocenters. The summed E-state index contributed by atoms with van der Waals surface area (Å²) in [5, 5.41) is 6.15. The molecule has 1 fully saturated rings. The first-order chi connectivity index (χ1) is 11.4. The highest BCUT2D eigenvalue weighted by Crippen LogP contribution is 2.41. The fourth-order valence-corrected chi connectivity index (χ4v) is 3.91. The summed E-state index contributed by atoms with van der Waals surface area (Å²) in [5.74, 6) is 0.0724. The molecular weight excluding hydrogens is 302 g/mol. The third-order valence-corrected chi connectivity index (χ3v) is 5.40. The van der Waals surface area contributed by atoms with Crippen molar-refractivity contribution in [2.24, 2.45) is 0 Å². The van der Waals surface area contributed by atoms with Crippen molar-refractivity contribution in [2.75, 3.05) is 13.1 Å². The standard InChI is InChI=1S/C19H27N3O2/c1-13(23)22-11-9-14(12-22)20-18(24)21-17-8-10-19(2,3)16-7-5-4-6-15(16)17/h4-7,14,17H,8-12H2,1-3H3,(H2,20,21,24)/t14-,17-/m0/s1. The Labute approximate surface area is 143 Å². The van der Waals surface area contributed by atoms with E-state index in [4.69, 9.17) is 0 Å². The van der Waals surface area contributed by atoms with E-state index >= 15 is 0 Å². The van der Waals surface area contributed by atoms with Gasteiger partial charge in [-0.05, 0) is 35.8 Å². The molecule has 130 valence electrons. The van der Waals surface area contributed by atoms with Crippen LogP contribution in [-0.4, -0.2) is 36.0 Å². The van der Waals surface area contributed by atoms with Gasteiger partial charge in [-0.1, -0.05) is 38.1 Å². The highest BCUT2D eigenvalue weighted by Gasteiger charge is 2.33. The summed E-state index contributed by atoms with van der Waals surface area (Å²) in [7, 11) is 0. The van der Waals surface area contributed by atoms with E-state index in [2.05, 4.69) is 42.7 Å². The second kappa shape index (κ2) is 6.46. The Kier molecular flexibility index (Phi) is 4.52. The van der Waals surface area contributed by atoms with Crippen LogP contribution in [0.3, 0.4) is 0 Å². The molecule has 5 nitrogen and oxygen atoms in total. The predicted molar refractivity (Wildman–Crippen MR) is 93.8 cm³/mol. The van der Waals surface area contributed by atoms with E-state index in [1.165, 1.54) is 11.1 Å². The van der Waals surface area contributed by atoms with Gasteiger partial charge >= 0.3 is 6.03 Å². The van der Waals surface area contributed by atoms with E-state index < -0.39 is 0 Å². The summed E-state index contributed by atoms with van der Waals surface area (Å²) < 4.78 is 0. The van der Waals surface area contributed by atoms with Gasteiger partial charge in [-0.15, -0.1) is 0 Å². The van der Waals surface area contributed by atoms with Crippen LogP contribution in [0.15, 0.2) is 24.3 Å². The van der Waals surface area contributed by atoms with Crippen molar-refractivity contribution in [3.63, 3.8) is 0 Å². The van der Waals surface area contributed by atoms with Crippen LogP contribution in [0.25, 0.3) is 0 Å². The van der Waals surface area contributed by atoms with Crippen LogP contribution in [0.4, 0.5) is 4.79 Å². The van der Waals surface area contributed by atoms with E-state index in [0.717, 1.165) is 25.8 Å². The molecule has 0 saturated carbocycles. The van der Waals surface area contributed by atoms with Crippen LogP contribution in [0, 0.1) is 0 Å². The number of hydrogen-bond donors (Lipinski definition) is 2. The molecule has 24 heavy (non-hydrogen) atoms. The molecule has 0 spiro atoms. The lowest BCUT2D eigenvalue weighted by Crippen LogP contribution is -2.46. The minimum atomic E-state index is -0.134. The number of benzene rings is 1. The molecular formula is C19H27N3O2. The minimum Gasteiger partial charge on any atom is -0.341 e. The second-order valence-electron chi connectivity index (χ2n) is 7.63. The molecule has 0 bridgehead atoms. The molecule has 5 heteroatoms. The number of nitrogens with zero attached hydrogens (tertiary/aromatic N) is 1. The number of rotatable bonds is 2. The Morgan fingerprint density at radius 2 is 1.92 bits per heavy atom. The molecule has 1 saturated heterocycles. The van der Waals surface area contributed by atoms with Gasteiger partial charge in [-0.3, -0.25) is 4.79 Å². The Morgan fingerprint density at radius 1 is 1.17 bits per heavy atom. The zero-order valence-electron chi connectivity index (χ0n) is 14.8. The van der Waals surface area contributed by atoms with Gasteiger partial charge in [0.05, 0.1) is 6.04 Å². The van der Waals surface area contributed by atoms with E-state index in [1.54, 1.807) is 11.8 Å². The lowest BCUT2D eigenvalue weighted by atomic mass is 9.71. The van der Waals surface area contributed by atoms with Crippen molar-refractivity contribution in [3.05, 3.63) is 35.4 Å². The van der Waals surface area contributed by atoms with Gasteiger partial charge in [-0.2, -0.15) is 0 Å². The molecule has 1 aromatic carbocycles. The summed E-state index contributed by atoms with van der Waals surface area (Å²) in [6, 6.07) is 8.36. The van der Waals surface area contributed by atoms with Gasteiger partial charge in [0.25, 0.3) is 0 Å². The van der Waals surface area contributed by atoms with Gasteiger partial charge in [0.2, 0.25) is 5.91 Å². The third kappa shape index (κ3) is 3.40. The van der Waals surface area contributed by atoms with Gasteiger partial charge < -0.3 is 15.5 Å². The van der Waals surface area contributed by atoms with Gasteiger partial charge in [0, 0.05) is 26.1 Å². The molecule has 0 aromatic heterocycles. The number of urea groups is 1. The molecule has 1 heterocycles. The van der Waals surface area contributed by atoms with Crippen LogP contribution in [-0.2, 0) is 10.2 Å². The lowest BCUT2D eigenvalue weighted by Gasteiger charge is -2.37. The quantitative estimate of drug-likeness (QED) is 0.876. The number of amides is 3. The summed E-state index contributed by atoms with van der Waals surface area (Å²) >= 11 is 0. The highest BCUT2D eigenvalue weighted by molar-refractivity contribution is 5.76. The van der Waals surface area contributed by atoms with Gasteiger partial charge in [-0.25, -0.2) is 4.79 Å². The predicted octanol–water partition coefficient (Wildman–Crippen LogP) is 2.72. The smallest absolute Gasteiger partial charge is 0.315 e. The SMILES string of the molecule is CC(=O)N1CC[C@H](NC(=O)N[C@H]2CCC(C)(C)c3ccccc32)C1. The molecule has 2 aliphatic rings. The van der Waals surface area contributed by atoms with Crippen molar-refractivity contribution < 1.29 is 9.59 Å². The topological polar surface area (TPSA) is 61.4 Å². The van der Waals surface area contributed by atoms with Gasteiger partial charge in [0.1, 0.15) is 0 Å². The molecule has 2 N–H and O–H groups in total. The van der Waals surface area contributed by atoms with Crippen molar-refractivity contribution in [3.8, 4) is 0 Å². The number of likely N-dealkylation sites (tertiary alicyclic amines) is 1. The number of carbonyl (C=O) groups is 2. The third-order valence-electron chi connectivity index (χ3n) is 5.40. The molecule has 0 unspecified atom stereocenters.